The van der Waals surface area contributed by atoms with Gasteiger partial charge in [-0.05, 0) is 0 Å². The van der Waals surface area contributed by atoms with Gasteiger partial charge in [-0.15, -0.1) is 0 Å². The van der Waals surface area contributed by atoms with Crippen LogP contribution in [0.2, 0.25) is 0 Å². The second-order valence-electron chi connectivity index (χ2n) is 7.99. The van der Waals surface area contributed by atoms with Gasteiger partial charge in [0.1, 0.15) is 35.9 Å². The van der Waals surface area contributed by atoms with Crippen LogP contribution in [-0.4, -0.2) is 87.3 Å². The second-order valence-corrected chi connectivity index (χ2v) is 7.99. The lowest BCUT2D eigenvalue weighted by Crippen LogP contribution is -2.59. The van der Waals surface area contributed by atoms with Gasteiger partial charge >= 0.3 is 23.9 Å². The zero-order valence-electron chi connectivity index (χ0n) is 19.9. The van der Waals surface area contributed by atoms with Crippen LogP contribution in [0.15, 0.2) is 4.99 Å². The van der Waals surface area contributed by atoms with Crippen LogP contribution in [0.3, 0.4) is 0 Å². The molecule has 1 saturated heterocycles. The molecule has 1 aromatic rings. The molecule has 4 N–H and O–H groups in total. The van der Waals surface area contributed by atoms with Crippen molar-refractivity contribution in [1.29, 1.82) is 0 Å². The molecule has 1 unspecified atom stereocenters. The highest BCUT2D eigenvalue weighted by atomic mass is 16.6. The van der Waals surface area contributed by atoms with E-state index >= 15 is 0 Å². The van der Waals surface area contributed by atoms with Crippen molar-refractivity contribution in [3.63, 3.8) is 0 Å². The molecule has 1 fully saturated rings. The molecule has 0 spiro atoms. The first-order valence-corrected chi connectivity index (χ1v) is 10.7. The summed E-state index contributed by atoms with van der Waals surface area (Å²) in [5.41, 5.74) is -0.570. The first-order valence-electron chi connectivity index (χ1n) is 10.7. The van der Waals surface area contributed by atoms with Gasteiger partial charge < -0.3 is 44.1 Å². The summed E-state index contributed by atoms with van der Waals surface area (Å²) in [7, 11) is 0. The molecule has 0 aromatic heterocycles. The minimum atomic E-state index is -1.97. The van der Waals surface area contributed by atoms with Crippen molar-refractivity contribution in [2.24, 2.45) is 4.99 Å². The Balaban J connectivity index is 2.53. The molecular weight excluding hydrogens is 502 g/mol. The summed E-state index contributed by atoms with van der Waals surface area (Å²) in [6, 6.07) is 0. The fraction of sp³-hybridized carbons (Fsp3) is 0.455. The number of aliphatic hydroxyl groups excluding tert-OH is 4. The Morgan fingerprint density at radius 1 is 0.757 bits per heavy atom. The number of hydrogen-bond donors (Lipinski definition) is 4. The number of nitrogens with zero attached hydrogens (tertiary/aromatic N) is 1. The van der Waals surface area contributed by atoms with Gasteiger partial charge in [-0.1, -0.05) is 0 Å². The molecule has 37 heavy (non-hydrogen) atoms. The lowest BCUT2D eigenvalue weighted by molar-refractivity contribution is -0.214. The summed E-state index contributed by atoms with van der Waals surface area (Å²) in [5, 5.41) is 39.5. The molecule has 2 aliphatic heterocycles. The van der Waals surface area contributed by atoms with Gasteiger partial charge in [-0.25, -0.2) is 4.99 Å². The van der Waals surface area contributed by atoms with E-state index in [0.717, 1.165) is 27.7 Å². The Bertz CT molecular complexity index is 1300. The number of benzene rings is 1. The van der Waals surface area contributed by atoms with Crippen molar-refractivity contribution in [3.05, 3.63) is 10.6 Å². The van der Waals surface area contributed by atoms with E-state index in [-0.39, 0.29) is 0 Å². The van der Waals surface area contributed by atoms with E-state index in [9.17, 15) is 44.4 Å². The summed E-state index contributed by atoms with van der Waals surface area (Å²) < 4.78 is 26.0. The number of carbonyl (C=O) groups excluding carboxylic acids is 5. The number of aliphatic hydroxyl groups is 4. The number of carbonyl (C=O) groups is 5. The molecule has 15 nitrogen and oxygen atoms in total. The van der Waals surface area contributed by atoms with Gasteiger partial charge in [-0.3, -0.25) is 24.0 Å². The maximum atomic E-state index is 13.1. The molecule has 0 bridgehead atoms. The summed E-state index contributed by atoms with van der Waals surface area (Å²) in [6.45, 7) is 3.00. The van der Waals surface area contributed by atoms with Crippen LogP contribution in [0.4, 0.5) is 0 Å². The standard InChI is InChI=1S/C22H23NO14/c1-6(25)33-18-11-12(17-16(31)15(30)14(29)10(5-24)37-17)22(32)23-13(11)19(34-7(2)26)21(36-9(4)28)20(18)35-8(3)27/h10,14-17,24,29-31H,5H2,1-4H3/t10-,14-,15+,16-,17?/m1/s1. The third-order valence-corrected chi connectivity index (χ3v) is 5.17. The molecule has 0 radical (unpaired) electrons. The van der Waals surface area contributed by atoms with Crippen LogP contribution in [0.1, 0.15) is 27.7 Å². The summed E-state index contributed by atoms with van der Waals surface area (Å²) in [4.78, 5) is 64.5. The Labute approximate surface area is 207 Å². The van der Waals surface area contributed by atoms with Gasteiger partial charge in [0.05, 0.1) is 17.4 Å². The van der Waals surface area contributed by atoms with Crippen LogP contribution in [0.5, 0.6) is 23.0 Å². The predicted octanol–water partition coefficient (Wildman–Crippen LogP) is -3.46. The van der Waals surface area contributed by atoms with E-state index < -0.39 is 106 Å². The number of ether oxygens (including phenoxy) is 5. The van der Waals surface area contributed by atoms with Gasteiger partial charge in [-0.2, -0.15) is 0 Å². The number of esters is 4. The maximum absolute atomic E-state index is 13.1. The number of fused-ring (bicyclic) bond motifs is 1. The number of rotatable bonds is 6. The molecule has 2 aliphatic rings. The SMILES string of the molecule is CC(=O)Oc1c(OC(C)=O)c(OC(C)=O)c2c(c1OC(C)=O)=NC(=O)C=2C1O[C@H](CO)[C@@H](O)[C@H](O)[C@H]1O. The Morgan fingerprint density at radius 3 is 1.70 bits per heavy atom. The van der Waals surface area contributed by atoms with E-state index in [1.807, 2.05) is 0 Å². The molecule has 1 aromatic carbocycles. The van der Waals surface area contributed by atoms with E-state index in [2.05, 4.69) is 4.99 Å². The third-order valence-electron chi connectivity index (χ3n) is 5.17. The highest BCUT2D eigenvalue weighted by Crippen LogP contribution is 2.42. The lowest BCUT2D eigenvalue weighted by atomic mass is 9.90. The Hall–Kier alpha value is -3.76. The zero-order valence-corrected chi connectivity index (χ0v) is 19.9. The molecule has 0 saturated carbocycles. The fourth-order valence-electron chi connectivity index (χ4n) is 3.83. The molecule has 2 heterocycles. The van der Waals surface area contributed by atoms with Crippen LogP contribution >= 0.6 is 0 Å². The first-order chi connectivity index (χ1) is 17.3. The molecule has 200 valence electrons. The average Bonchev–Trinajstić information content (AvgIpc) is 3.12. The van der Waals surface area contributed by atoms with Crippen molar-refractivity contribution in [2.45, 2.75) is 58.2 Å². The normalized spacial score (nSPS) is 24.6. The molecule has 15 heteroatoms. The van der Waals surface area contributed by atoms with Crippen molar-refractivity contribution >= 4 is 35.4 Å². The van der Waals surface area contributed by atoms with Crippen molar-refractivity contribution in [2.75, 3.05) is 6.61 Å². The molecular formula is C22H23NO14. The van der Waals surface area contributed by atoms with Crippen LogP contribution in [0.25, 0.3) is 5.57 Å². The van der Waals surface area contributed by atoms with E-state index in [4.69, 9.17) is 23.7 Å². The number of hydrogen-bond acceptors (Lipinski definition) is 14. The van der Waals surface area contributed by atoms with Crippen LogP contribution < -0.4 is 29.5 Å². The van der Waals surface area contributed by atoms with Gasteiger partial charge in [0.25, 0.3) is 5.91 Å². The molecule has 1 amide bonds. The van der Waals surface area contributed by atoms with E-state index in [0.29, 0.717) is 0 Å². The smallest absolute Gasteiger partial charge is 0.308 e. The minimum absolute atomic E-state index is 0.465. The Kier molecular flexibility index (Phi) is 8.04. The highest BCUT2D eigenvalue weighted by molar-refractivity contribution is 6.17. The highest BCUT2D eigenvalue weighted by Gasteiger charge is 2.48. The van der Waals surface area contributed by atoms with Crippen LogP contribution in [-0.2, 0) is 28.7 Å². The largest absolute Gasteiger partial charge is 0.422 e. The first kappa shape index (κ1) is 27.8. The summed E-state index contributed by atoms with van der Waals surface area (Å²) in [5.74, 6) is -7.95. The molecule has 3 rings (SSSR count). The second kappa shape index (κ2) is 10.7. The predicted molar refractivity (Wildman–Crippen MR) is 115 cm³/mol. The average molecular weight is 525 g/mol. The fourth-order valence-corrected chi connectivity index (χ4v) is 3.83. The molecule has 0 aliphatic carbocycles. The Morgan fingerprint density at radius 2 is 1.22 bits per heavy atom. The third kappa shape index (κ3) is 5.35. The quantitative estimate of drug-likeness (QED) is 0.209. The van der Waals surface area contributed by atoms with Crippen molar-refractivity contribution in [1.82, 2.24) is 0 Å². The summed E-state index contributed by atoms with van der Waals surface area (Å²) in [6.07, 6.45) is -8.86. The van der Waals surface area contributed by atoms with E-state index in [1.54, 1.807) is 0 Å². The molecule has 5 atom stereocenters. The van der Waals surface area contributed by atoms with Gasteiger partial charge in [0, 0.05) is 27.7 Å². The van der Waals surface area contributed by atoms with Crippen molar-refractivity contribution in [3.8, 4) is 23.0 Å². The maximum Gasteiger partial charge on any atom is 0.308 e. The van der Waals surface area contributed by atoms with Crippen molar-refractivity contribution < 1.29 is 68.1 Å². The monoisotopic (exact) mass is 525 g/mol. The number of amides is 1. The van der Waals surface area contributed by atoms with E-state index in [1.165, 1.54) is 0 Å². The van der Waals surface area contributed by atoms with Gasteiger partial charge in [0.15, 0.2) is 5.75 Å². The summed E-state index contributed by atoms with van der Waals surface area (Å²) >= 11 is 0. The zero-order chi connectivity index (χ0) is 27.8. The minimum Gasteiger partial charge on any atom is -0.422 e. The topological polar surface area (TPSA) is 225 Å². The van der Waals surface area contributed by atoms with Gasteiger partial charge in [0.2, 0.25) is 17.2 Å². The lowest BCUT2D eigenvalue weighted by Gasteiger charge is -2.40. The van der Waals surface area contributed by atoms with Crippen LogP contribution in [0, 0.1) is 0 Å².